The summed E-state index contributed by atoms with van der Waals surface area (Å²) in [5, 5.41) is 17.0. The van der Waals surface area contributed by atoms with Gasteiger partial charge in [-0.25, -0.2) is 8.42 Å². The zero-order chi connectivity index (χ0) is 9.61. The topological polar surface area (TPSA) is 107 Å². The van der Waals surface area contributed by atoms with Crippen molar-refractivity contribution in [1.82, 2.24) is 0 Å². The van der Waals surface area contributed by atoms with Crippen molar-refractivity contribution in [3.63, 3.8) is 0 Å². The molecule has 8 heteroatoms. The Morgan fingerprint density at radius 3 is 2.38 bits per heavy atom. The van der Waals surface area contributed by atoms with Crippen LogP contribution in [0, 0.1) is 0 Å². The van der Waals surface area contributed by atoms with E-state index in [0.29, 0.717) is 0 Å². The number of hydrogen-bond acceptors (Lipinski definition) is 6. The molecule has 1 unspecified atom stereocenters. The number of aliphatic hydroxyl groups excluding tert-OH is 2. The van der Waals surface area contributed by atoms with Crippen LogP contribution in [-0.4, -0.2) is 54.9 Å². The van der Waals surface area contributed by atoms with Crippen LogP contribution in [0.1, 0.15) is 0 Å². The fourth-order valence-electron chi connectivity index (χ4n) is 0.433. The van der Waals surface area contributed by atoms with Gasteiger partial charge in [-0.2, -0.15) is 0 Å². The van der Waals surface area contributed by atoms with E-state index in [1.54, 1.807) is 0 Å². The molecule has 2 N–H and O–H groups in total. The van der Waals surface area contributed by atoms with E-state index in [9.17, 15) is 13.0 Å². The molecule has 1 atom stereocenters. The molecule has 0 heterocycles. The molecule has 0 saturated carbocycles. The van der Waals surface area contributed by atoms with Crippen LogP contribution in [0.15, 0.2) is 0 Å². The Kier molecular flexibility index (Phi) is 10.1. The second-order valence-corrected chi connectivity index (χ2v) is 3.70. The second kappa shape index (κ2) is 8.13. The molecule has 0 aromatic heterocycles. The first-order valence-corrected chi connectivity index (χ1v) is 4.83. The summed E-state index contributed by atoms with van der Waals surface area (Å²) in [5.41, 5.74) is 0. The SMILES string of the molecule is O=S(=O)([O-])CCOCC(O)CO.[Na+]. The van der Waals surface area contributed by atoms with Crippen molar-refractivity contribution in [3.05, 3.63) is 0 Å². The van der Waals surface area contributed by atoms with Gasteiger partial charge in [-0.05, 0) is 0 Å². The van der Waals surface area contributed by atoms with Crippen LogP contribution in [0.4, 0.5) is 0 Å². The maximum Gasteiger partial charge on any atom is 1.00 e. The molecular weight excluding hydrogens is 211 g/mol. The van der Waals surface area contributed by atoms with Gasteiger partial charge in [0, 0.05) is 0 Å². The third-order valence-electron chi connectivity index (χ3n) is 0.999. The Bertz CT molecular complexity index is 203. The molecule has 13 heavy (non-hydrogen) atoms. The van der Waals surface area contributed by atoms with Crippen molar-refractivity contribution >= 4 is 10.1 Å². The Morgan fingerprint density at radius 2 is 2.00 bits per heavy atom. The first kappa shape index (κ1) is 16.2. The molecule has 0 radical (unpaired) electrons. The minimum atomic E-state index is -4.25. The minimum absolute atomic E-state index is 0. The van der Waals surface area contributed by atoms with Crippen LogP contribution < -0.4 is 29.6 Å². The number of hydrogen-bond donors (Lipinski definition) is 2. The van der Waals surface area contributed by atoms with Crippen LogP contribution >= 0.6 is 0 Å². The summed E-state index contributed by atoms with van der Waals surface area (Å²) in [6, 6.07) is 0. The Hall–Kier alpha value is 0.790. The van der Waals surface area contributed by atoms with Gasteiger partial charge in [0.25, 0.3) is 0 Å². The largest absolute Gasteiger partial charge is 1.00 e. The monoisotopic (exact) mass is 222 g/mol. The van der Waals surface area contributed by atoms with Gasteiger partial charge in [0.2, 0.25) is 0 Å². The molecule has 0 amide bonds. The number of aliphatic hydroxyl groups is 2. The molecule has 0 aliphatic carbocycles. The average molecular weight is 222 g/mol. The van der Waals surface area contributed by atoms with Gasteiger partial charge in [0.1, 0.15) is 6.10 Å². The average Bonchev–Trinajstić information content (AvgIpc) is 1.96. The smallest absolute Gasteiger partial charge is 0.748 e. The zero-order valence-corrected chi connectivity index (χ0v) is 10.2. The predicted molar refractivity (Wildman–Crippen MR) is 38.5 cm³/mol. The van der Waals surface area contributed by atoms with Gasteiger partial charge in [-0.3, -0.25) is 0 Å². The molecule has 0 aliphatic heterocycles. The van der Waals surface area contributed by atoms with E-state index in [0.717, 1.165) is 0 Å². The van der Waals surface area contributed by atoms with Crippen molar-refractivity contribution in [2.75, 3.05) is 25.6 Å². The maximum absolute atomic E-state index is 10.00. The summed E-state index contributed by atoms with van der Waals surface area (Å²) in [5.74, 6) is -0.620. The third-order valence-corrected chi connectivity index (χ3v) is 1.67. The second-order valence-electron chi connectivity index (χ2n) is 2.17. The fourth-order valence-corrected chi connectivity index (χ4v) is 0.755. The van der Waals surface area contributed by atoms with E-state index >= 15 is 0 Å². The van der Waals surface area contributed by atoms with E-state index in [2.05, 4.69) is 4.74 Å². The van der Waals surface area contributed by atoms with E-state index in [1.165, 1.54) is 0 Å². The van der Waals surface area contributed by atoms with Gasteiger partial charge in [-0.15, -0.1) is 0 Å². The molecule has 0 fully saturated rings. The standard InChI is InChI=1S/C5H12O6S.Na/c6-3-5(7)4-11-1-2-12(8,9)10;/h5-7H,1-4H2,(H,8,9,10);/q;+1/p-1. The minimum Gasteiger partial charge on any atom is -0.748 e. The maximum atomic E-state index is 10.00. The zero-order valence-electron chi connectivity index (χ0n) is 7.34. The summed E-state index contributed by atoms with van der Waals surface area (Å²) >= 11 is 0. The van der Waals surface area contributed by atoms with Gasteiger partial charge in [0.05, 0.1) is 35.7 Å². The third kappa shape index (κ3) is 12.8. The quantitative estimate of drug-likeness (QED) is 0.264. The van der Waals surface area contributed by atoms with Gasteiger partial charge >= 0.3 is 29.6 Å². The fraction of sp³-hybridized carbons (Fsp3) is 1.00. The first-order chi connectivity index (χ1) is 5.45. The molecule has 0 saturated heterocycles. The normalized spacial score (nSPS) is 13.5. The van der Waals surface area contributed by atoms with Gasteiger partial charge in [0.15, 0.2) is 0 Å². The van der Waals surface area contributed by atoms with Gasteiger partial charge < -0.3 is 19.5 Å². The van der Waals surface area contributed by atoms with Crippen molar-refractivity contribution in [3.8, 4) is 0 Å². The van der Waals surface area contributed by atoms with Crippen molar-refractivity contribution in [2.45, 2.75) is 6.10 Å². The van der Waals surface area contributed by atoms with E-state index in [1.807, 2.05) is 0 Å². The molecule has 0 aliphatic rings. The van der Waals surface area contributed by atoms with Crippen molar-refractivity contribution in [2.24, 2.45) is 0 Å². The van der Waals surface area contributed by atoms with E-state index in [-0.39, 0.29) is 42.8 Å². The summed E-state index contributed by atoms with van der Waals surface area (Å²) in [6.45, 7) is -0.890. The molecule has 6 nitrogen and oxygen atoms in total. The summed E-state index contributed by atoms with van der Waals surface area (Å²) in [4.78, 5) is 0. The first-order valence-electron chi connectivity index (χ1n) is 3.26. The number of rotatable bonds is 6. The molecule has 0 rings (SSSR count). The van der Waals surface area contributed by atoms with E-state index in [4.69, 9.17) is 10.2 Å². The van der Waals surface area contributed by atoms with Crippen LogP contribution in [0.2, 0.25) is 0 Å². The molecule has 0 spiro atoms. The van der Waals surface area contributed by atoms with Crippen molar-refractivity contribution in [1.29, 1.82) is 0 Å². The van der Waals surface area contributed by atoms with Gasteiger partial charge in [-0.1, -0.05) is 0 Å². The number of ether oxygens (including phenoxy) is 1. The van der Waals surface area contributed by atoms with E-state index < -0.39 is 28.6 Å². The predicted octanol–water partition coefficient (Wildman–Crippen LogP) is -5.09. The Balaban J connectivity index is 0. The summed E-state index contributed by atoms with van der Waals surface area (Å²) in [6.07, 6.45) is -1.03. The molecule has 0 aromatic rings. The molecule has 0 aromatic carbocycles. The molecular formula is C5H11NaO6S. The van der Waals surface area contributed by atoms with Crippen molar-refractivity contribution < 1.29 is 57.5 Å². The van der Waals surface area contributed by atoms with Crippen LogP contribution in [0.3, 0.4) is 0 Å². The van der Waals surface area contributed by atoms with Crippen LogP contribution in [0.5, 0.6) is 0 Å². The van der Waals surface area contributed by atoms with Crippen LogP contribution in [-0.2, 0) is 14.9 Å². The Labute approximate surface area is 98.9 Å². The summed E-state index contributed by atoms with van der Waals surface area (Å²) < 4.78 is 34.6. The molecule has 74 valence electrons. The molecule has 0 bridgehead atoms. The summed E-state index contributed by atoms with van der Waals surface area (Å²) in [7, 11) is -4.25. The van der Waals surface area contributed by atoms with Crippen LogP contribution in [0.25, 0.3) is 0 Å². The Morgan fingerprint density at radius 1 is 1.46 bits per heavy atom.